The van der Waals surface area contributed by atoms with E-state index in [1.165, 1.54) is 6.07 Å². The first kappa shape index (κ1) is 19.8. The molecule has 2 atom stereocenters. The number of ether oxygens (including phenoxy) is 1. The SMILES string of the molecule is CC(C)(C)N1CCC(Oc2ccc(C(F)(F)F)cc2Cl)CC1C(=O)O. The Morgan fingerprint density at radius 1 is 1.32 bits per heavy atom. The molecule has 1 aliphatic rings. The van der Waals surface area contributed by atoms with Gasteiger partial charge in [-0.05, 0) is 45.4 Å². The predicted octanol–water partition coefficient (Wildman–Crippen LogP) is 4.45. The van der Waals surface area contributed by atoms with Crippen molar-refractivity contribution >= 4 is 17.6 Å². The number of benzene rings is 1. The second-order valence-electron chi connectivity index (χ2n) is 7.13. The van der Waals surface area contributed by atoms with Crippen LogP contribution in [0.2, 0.25) is 5.02 Å². The second kappa shape index (κ2) is 7.03. The molecule has 0 aromatic heterocycles. The molecule has 4 nitrogen and oxygen atoms in total. The Hall–Kier alpha value is -1.47. The number of carboxylic acid groups (broad SMARTS) is 1. The van der Waals surface area contributed by atoms with Crippen LogP contribution in [0.25, 0.3) is 0 Å². The minimum atomic E-state index is -4.48. The first-order valence-corrected chi connectivity index (χ1v) is 8.30. The molecule has 0 radical (unpaired) electrons. The molecular weight excluding hydrogens is 359 g/mol. The Morgan fingerprint density at radius 3 is 2.44 bits per heavy atom. The smallest absolute Gasteiger partial charge is 0.416 e. The summed E-state index contributed by atoms with van der Waals surface area (Å²) < 4.78 is 43.8. The number of alkyl halides is 3. The van der Waals surface area contributed by atoms with Gasteiger partial charge in [0.2, 0.25) is 0 Å². The topological polar surface area (TPSA) is 49.8 Å². The van der Waals surface area contributed by atoms with E-state index in [4.69, 9.17) is 16.3 Å². The molecular formula is C17H21ClF3NO3. The van der Waals surface area contributed by atoms with Crippen molar-refractivity contribution in [1.82, 2.24) is 4.90 Å². The van der Waals surface area contributed by atoms with Crippen molar-refractivity contribution in [3.05, 3.63) is 28.8 Å². The van der Waals surface area contributed by atoms with Gasteiger partial charge < -0.3 is 9.84 Å². The van der Waals surface area contributed by atoms with Crippen LogP contribution in [0, 0.1) is 0 Å². The van der Waals surface area contributed by atoms with Crippen LogP contribution in [0.4, 0.5) is 13.2 Å². The summed E-state index contributed by atoms with van der Waals surface area (Å²) in [4.78, 5) is 13.5. The second-order valence-corrected chi connectivity index (χ2v) is 7.53. The molecule has 0 amide bonds. The molecule has 1 N–H and O–H groups in total. The van der Waals surface area contributed by atoms with E-state index in [9.17, 15) is 23.1 Å². The van der Waals surface area contributed by atoms with Gasteiger partial charge in [0.1, 0.15) is 17.9 Å². The highest BCUT2D eigenvalue weighted by Gasteiger charge is 2.40. The van der Waals surface area contributed by atoms with Crippen molar-refractivity contribution in [3.63, 3.8) is 0 Å². The monoisotopic (exact) mass is 379 g/mol. The van der Waals surface area contributed by atoms with Crippen molar-refractivity contribution < 1.29 is 27.8 Å². The van der Waals surface area contributed by atoms with Gasteiger partial charge in [0, 0.05) is 18.5 Å². The number of aliphatic carboxylic acids is 1. The van der Waals surface area contributed by atoms with Gasteiger partial charge in [0.25, 0.3) is 0 Å². The van der Waals surface area contributed by atoms with Gasteiger partial charge in [0.15, 0.2) is 0 Å². The number of hydrogen-bond acceptors (Lipinski definition) is 3. The van der Waals surface area contributed by atoms with Crippen molar-refractivity contribution in [2.75, 3.05) is 6.54 Å². The van der Waals surface area contributed by atoms with Crippen LogP contribution in [0.5, 0.6) is 5.75 Å². The zero-order valence-corrected chi connectivity index (χ0v) is 15.0. The number of likely N-dealkylation sites (tertiary alicyclic amines) is 1. The predicted molar refractivity (Wildman–Crippen MR) is 88.0 cm³/mol. The molecule has 0 bridgehead atoms. The van der Waals surface area contributed by atoms with E-state index in [0.29, 0.717) is 13.0 Å². The lowest BCUT2D eigenvalue weighted by Crippen LogP contribution is -2.57. The first-order valence-electron chi connectivity index (χ1n) is 7.92. The standard InChI is InChI=1S/C17H21ClF3NO3/c1-16(2,3)22-7-6-11(9-13(22)15(23)24)25-14-5-4-10(8-12(14)18)17(19,20)21/h4-5,8,11,13H,6-7,9H2,1-3H3,(H,23,24). The molecule has 25 heavy (non-hydrogen) atoms. The molecule has 1 aromatic rings. The number of hydrogen-bond donors (Lipinski definition) is 1. The lowest BCUT2D eigenvalue weighted by atomic mass is 9.93. The summed E-state index contributed by atoms with van der Waals surface area (Å²) in [6.07, 6.45) is -4.09. The third kappa shape index (κ3) is 4.79. The summed E-state index contributed by atoms with van der Waals surface area (Å²) in [6.45, 7) is 6.34. The van der Waals surface area contributed by atoms with Crippen LogP contribution in [0.15, 0.2) is 18.2 Å². The van der Waals surface area contributed by atoms with Crippen molar-refractivity contribution in [3.8, 4) is 5.75 Å². The average Bonchev–Trinajstić information content (AvgIpc) is 2.47. The Bertz CT molecular complexity index is 643. The molecule has 1 saturated heterocycles. The first-order chi connectivity index (χ1) is 11.4. The van der Waals surface area contributed by atoms with Gasteiger partial charge in [-0.15, -0.1) is 0 Å². The van der Waals surface area contributed by atoms with Gasteiger partial charge in [-0.2, -0.15) is 13.2 Å². The Labute approximate surface area is 149 Å². The van der Waals surface area contributed by atoms with Gasteiger partial charge in [-0.1, -0.05) is 11.6 Å². The Morgan fingerprint density at radius 2 is 1.96 bits per heavy atom. The summed E-state index contributed by atoms with van der Waals surface area (Å²) in [6, 6.07) is 2.18. The van der Waals surface area contributed by atoms with Gasteiger partial charge in [-0.25, -0.2) is 0 Å². The lowest BCUT2D eigenvalue weighted by Gasteiger charge is -2.44. The highest BCUT2D eigenvalue weighted by molar-refractivity contribution is 6.32. The summed E-state index contributed by atoms with van der Waals surface area (Å²) in [5.74, 6) is -0.810. The summed E-state index contributed by atoms with van der Waals surface area (Å²) in [7, 11) is 0. The van der Waals surface area contributed by atoms with Gasteiger partial charge >= 0.3 is 12.1 Å². The molecule has 0 aliphatic carbocycles. The van der Waals surface area contributed by atoms with Crippen LogP contribution in [-0.2, 0) is 11.0 Å². The number of rotatable bonds is 3. The number of carbonyl (C=O) groups is 1. The fourth-order valence-corrected chi connectivity index (χ4v) is 3.25. The third-order valence-electron chi connectivity index (χ3n) is 4.25. The Kier molecular flexibility index (Phi) is 5.59. The zero-order chi connectivity index (χ0) is 19.0. The van der Waals surface area contributed by atoms with Gasteiger partial charge in [-0.3, -0.25) is 9.69 Å². The van der Waals surface area contributed by atoms with E-state index in [0.717, 1.165) is 12.1 Å². The van der Waals surface area contributed by atoms with Crippen molar-refractivity contribution in [1.29, 1.82) is 0 Å². The number of carboxylic acids is 1. The molecule has 1 aliphatic heterocycles. The molecule has 2 rings (SSSR count). The number of nitrogens with zero attached hydrogens (tertiary/aromatic N) is 1. The highest BCUT2D eigenvalue weighted by atomic mass is 35.5. The zero-order valence-electron chi connectivity index (χ0n) is 14.2. The normalized spacial score (nSPS) is 22.7. The third-order valence-corrected chi connectivity index (χ3v) is 4.55. The van der Waals surface area contributed by atoms with Gasteiger partial charge in [0.05, 0.1) is 10.6 Å². The molecule has 1 heterocycles. The van der Waals surface area contributed by atoms with Crippen LogP contribution >= 0.6 is 11.6 Å². The Balaban J connectivity index is 2.13. The van der Waals surface area contributed by atoms with Crippen LogP contribution in [-0.4, -0.2) is 40.2 Å². The van der Waals surface area contributed by atoms with Crippen molar-refractivity contribution in [2.45, 2.75) is 57.5 Å². The minimum absolute atomic E-state index is 0.132. The van der Waals surface area contributed by atoms with Crippen LogP contribution in [0.1, 0.15) is 39.2 Å². The molecule has 140 valence electrons. The van der Waals surface area contributed by atoms with Crippen molar-refractivity contribution in [2.24, 2.45) is 0 Å². The quantitative estimate of drug-likeness (QED) is 0.842. The largest absolute Gasteiger partial charge is 0.489 e. The highest BCUT2D eigenvalue weighted by Crippen LogP contribution is 2.36. The average molecular weight is 380 g/mol. The molecule has 2 unspecified atom stereocenters. The maximum absolute atomic E-state index is 12.7. The van der Waals surface area contributed by atoms with E-state index < -0.39 is 29.9 Å². The molecule has 1 fully saturated rings. The molecule has 0 spiro atoms. The minimum Gasteiger partial charge on any atom is -0.489 e. The summed E-state index contributed by atoms with van der Waals surface area (Å²) in [5.41, 5.74) is -1.16. The molecule has 0 saturated carbocycles. The van der Waals surface area contributed by atoms with Crippen LogP contribution < -0.4 is 4.74 Å². The summed E-state index contributed by atoms with van der Waals surface area (Å²) in [5, 5.41) is 9.35. The van der Waals surface area contributed by atoms with E-state index in [1.54, 1.807) is 0 Å². The van der Waals surface area contributed by atoms with E-state index in [1.807, 2.05) is 25.7 Å². The number of piperidine rings is 1. The molecule has 8 heteroatoms. The maximum Gasteiger partial charge on any atom is 0.416 e. The van der Waals surface area contributed by atoms with E-state index in [2.05, 4.69) is 0 Å². The fourth-order valence-electron chi connectivity index (χ4n) is 3.03. The van der Waals surface area contributed by atoms with Crippen LogP contribution in [0.3, 0.4) is 0 Å². The number of halogens is 4. The fraction of sp³-hybridized carbons (Fsp3) is 0.588. The lowest BCUT2D eigenvalue weighted by molar-refractivity contribution is -0.149. The molecule has 1 aromatic carbocycles. The maximum atomic E-state index is 12.7. The summed E-state index contributed by atoms with van der Waals surface area (Å²) >= 11 is 5.90. The van der Waals surface area contributed by atoms with E-state index >= 15 is 0 Å². The van der Waals surface area contributed by atoms with E-state index in [-0.39, 0.29) is 22.7 Å².